The summed E-state index contributed by atoms with van der Waals surface area (Å²) in [7, 11) is 1.71. The topological polar surface area (TPSA) is 114 Å². The molecule has 0 unspecified atom stereocenters. The molecule has 2 amide bonds. The number of carbonyl (C=O) groups excluding carboxylic acids is 3. The van der Waals surface area contributed by atoms with Crippen LogP contribution in [0, 0.1) is 0 Å². The quantitative estimate of drug-likeness (QED) is 0.328. The predicted molar refractivity (Wildman–Crippen MR) is 141 cm³/mol. The van der Waals surface area contributed by atoms with Gasteiger partial charge in [-0.15, -0.1) is 0 Å². The third-order valence-electron chi connectivity index (χ3n) is 5.84. The van der Waals surface area contributed by atoms with E-state index in [1.165, 1.54) is 0 Å². The van der Waals surface area contributed by atoms with Gasteiger partial charge in [0.05, 0.1) is 29.1 Å². The average Bonchev–Trinajstić information content (AvgIpc) is 3.22. The van der Waals surface area contributed by atoms with E-state index in [1.54, 1.807) is 37.1 Å². The fraction of sp³-hybridized carbons (Fsp3) is 0.179. The molecule has 4 N–H and O–H groups in total. The maximum absolute atomic E-state index is 13.1. The van der Waals surface area contributed by atoms with E-state index in [9.17, 15) is 14.4 Å². The first-order chi connectivity index (χ1) is 17.4. The fourth-order valence-corrected chi connectivity index (χ4v) is 3.99. The third-order valence-corrected chi connectivity index (χ3v) is 5.84. The summed E-state index contributed by atoms with van der Waals surface area (Å²) < 4.78 is 5.09. The molecule has 36 heavy (non-hydrogen) atoms. The van der Waals surface area contributed by atoms with Gasteiger partial charge in [0.2, 0.25) is 5.91 Å². The van der Waals surface area contributed by atoms with Gasteiger partial charge in [0.1, 0.15) is 0 Å². The van der Waals surface area contributed by atoms with Crippen LogP contribution in [-0.2, 0) is 14.3 Å². The number of anilines is 3. The largest absolute Gasteiger partial charge is 0.462 e. The van der Waals surface area contributed by atoms with Crippen molar-refractivity contribution in [1.29, 1.82) is 0 Å². The highest BCUT2D eigenvalue weighted by Crippen LogP contribution is 2.38. The minimum Gasteiger partial charge on any atom is -0.462 e. The molecule has 0 atom stereocenters. The lowest BCUT2D eigenvalue weighted by atomic mass is 9.99. The SMILES string of the molecule is CCOC(=O)c1ccc2c(c1)NC(=O)/C2=C(/Nc1ccc(N(C)C(=O)CCN)cc1)c1ccccc1. The molecule has 4 rings (SSSR count). The van der Waals surface area contributed by atoms with Crippen LogP contribution in [0.1, 0.15) is 34.8 Å². The van der Waals surface area contributed by atoms with Gasteiger partial charge in [-0.05, 0) is 48.9 Å². The number of hydrogen-bond acceptors (Lipinski definition) is 6. The summed E-state index contributed by atoms with van der Waals surface area (Å²) in [6.07, 6.45) is 0.271. The molecule has 3 aromatic rings. The van der Waals surface area contributed by atoms with Gasteiger partial charge in [0.25, 0.3) is 5.91 Å². The first kappa shape index (κ1) is 24.7. The van der Waals surface area contributed by atoms with Gasteiger partial charge in [0.15, 0.2) is 0 Å². The molecule has 0 aromatic heterocycles. The molecule has 1 heterocycles. The fourth-order valence-electron chi connectivity index (χ4n) is 3.99. The average molecular weight is 485 g/mol. The monoisotopic (exact) mass is 484 g/mol. The van der Waals surface area contributed by atoms with E-state index < -0.39 is 5.97 Å². The zero-order valence-electron chi connectivity index (χ0n) is 20.2. The molecule has 8 heteroatoms. The molecule has 3 aromatic carbocycles. The van der Waals surface area contributed by atoms with Crippen LogP contribution in [0.4, 0.5) is 17.1 Å². The van der Waals surface area contributed by atoms with Gasteiger partial charge in [-0.3, -0.25) is 9.59 Å². The normalized spacial score (nSPS) is 13.5. The highest BCUT2D eigenvalue weighted by atomic mass is 16.5. The summed E-state index contributed by atoms with van der Waals surface area (Å²) in [5.74, 6) is -0.781. The van der Waals surface area contributed by atoms with Crippen LogP contribution >= 0.6 is 0 Å². The maximum atomic E-state index is 13.1. The van der Waals surface area contributed by atoms with Gasteiger partial charge >= 0.3 is 5.97 Å². The summed E-state index contributed by atoms with van der Waals surface area (Å²) in [6, 6.07) is 21.9. The highest BCUT2D eigenvalue weighted by Gasteiger charge is 2.29. The summed E-state index contributed by atoms with van der Waals surface area (Å²) in [5, 5.41) is 6.26. The number of nitrogens with one attached hydrogen (secondary N) is 2. The van der Waals surface area contributed by atoms with Crippen LogP contribution in [0.2, 0.25) is 0 Å². The number of rotatable bonds is 8. The van der Waals surface area contributed by atoms with Crippen molar-refractivity contribution in [1.82, 2.24) is 0 Å². The summed E-state index contributed by atoms with van der Waals surface area (Å²) >= 11 is 0. The molecule has 0 saturated carbocycles. The van der Waals surface area contributed by atoms with Crippen molar-refractivity contribution in [3.8, 4) is 0 Å². The minimum atomic E-state index is -0.441. The molecule has 1 aliphatic rings. The second-order valence-corrected chi connectivity index (χ2v) is 8.21. The molecule has 1 aliphatic heterocycles. The number of hydrogen-bond donors (Lipinski definition) is 3. The summed E-state index contributed by atoms with van der Waals surface area (Å²) in [5.41, 5.74) is 10.5. The number of carbonyl (C=O) groups is 3. The highest BCUT2D eigenvalue weighted by molar-refractivity contribution is 6.37. The van der Waals surface area contributed by atoms with E-state index >= 15 is 0 Å². The number of nitrogens with zero attached hydrogens (tertiary/aromatic N) is 1. The zero-order chi connectivity index (χ0) is 25.7. The van der Waals surface area contributed by atoms with Crippen molar-refractivity contribution >= 4 is 46.1 Å². The van der Waals surface area contributed by atoms with Crippen molar-refractivity contribution < 1.29 is 19.1 Å². The molecule has 0 spiro atoms. The third kappa shape index (κ3) is 5.13. The molecule has 184 valence electrons. The summed E-state index contributed by atoms with van der Waals surface area (Å²) in [6.45, 7) is 2.31. The molecule has 0 aliphatic carbocycles. The van der Waals surface area contributed by atoms with Gasteiger partial charge in [0, 0.05) is 37.0 Å². The molecule has 0 fully saturated rings. The number of benzene rings is 3. The van der Waals surface area contributed by atoms with Crippen LogP contribution in [0.5, 0.6) is 0 Å². The van der Waals surface area contributed by atoms with Crippen molar-refractivity contribution in [2.75, 3.05) is 35.7 Å². The second-order valence-electron chi connectivity index (χ2n) is 8.21. The maximum Gasteiger partial charge on any atom is 0.338 e. The summed E-state index contributed by atoms with van der Waals surface area (Å²) in [4.78, 5) is 39.0. The van der Waals surface area contributed by atoms with E-state index in [0.29, 0.717) is 34.6 Å². The van der Waals surface area contributed by atoms with Gasteiger partial charge < -0.3 is 26.0 Å². The van der Waals surface area contributed by atoms with Crippen LogP contribution in [0.25, 0.3) is 11.3 Å². The number of nitrogens with two attached hydrogens (primary N) is 1. The molecule has 0 radical (unpaired) electrons. The van der Waals surface area contributed by atoms with Gasteiger partial charge in [-0.25, -0.2) is 4.79 Å². The Hall–Kier alpha value is -4.43. The number of esters is 1. The Morgan fingerprint density at radius 2 is 1.72 bits per heavy atom. The lowest BCUT2D eigenvalue weighted by Gasteiger charge is -2.19. The van der Waals surface area contributed by atoms with Crippen LogP contribution in [0.15, 0.2) is 72.8 Å². The van der Waals surface area contributed by atoms with Crippen molar-refractivity contribution in [2.24, 2.45) is 5.73 Å². The molecule has 8 nitrogen and oxygen atoms in total. The number of fused-ring (bicyclic) bond motifs is 1. The smallest absolute Gasteiger partial charge is 0.338 e. The second kappa shape index (κ2) is 10.9. The number of amides is 2. The first-order valence-electron chi connectivity index (χ1n) is 11.7. The zero-order valence-corrected chi connectivity index (χ0v) is 20.2. The van der Waals surface area contributed by atoms with Crippen molar-refractivity contribution in [3.63, 3.8) is 0 Å². The Bertz CT molecular complexity index is 1320. The van der Waals surface area contributed by atoms with E-state index in [-0.39, 0.29) is 24.8 Å². The minimum absolute atomic E-state index is 0.0632. The van der Waals surface area contributed by atoms with Crippen LogP contribution in [0.3, 0.4) is 0 Å². The molecule has 0 saturated heterocycles. The first-order valence-corrected chi connectivity index (χ1v) is 11.7. The molecular weight excluding hydrogens is 456 g/mol. The van der Waals surface area contributed by atoms with Crippen LogP contribution < -0.4 is 21.3 Å². The Kier molecular flexibility index (Phi) is 7.46. The Morgan fingerprint density at radius 3 is 2.39 bits per heavy atom. The lowest BCUT2D eigenvalue weighted by Crippen LogP contribution is -2.27. The van der Waals surface area contributed by atoms with E-state index in [0.717, 1.165) is 16.9 Å². The van der Waals surface area contributed by atoms with Crippen LogP contribution in [-0.4, -0.2) is 38.0 Å². The molecule has 0 bridgehead atoms. The Morgan fingerprint density at radius 1 is 1.00 bits per heavy atom. The number of ether oxygens (including phenoxy) is 1. The van der Waals surface area contributed by atoms with Crippen molar-refractivity contribution in [2.45, 2.75) is 13.3 Å². The van der Waals surface area contributed by atoms with Gasteiger partial charge in [-0.2, -0.15) is 0 Å². The van der Waals surface area contributed by atoms with E-state index in [1.807, 2.05) is 54.6 Å². The lowest BCUT2D eigenvalue weighted by molar-refractivity contribution is -0.118. The Labute approximate surface area is 209 Å². The molecular formula is C28H28N4O4. The Balaban J connectivity index is 1.72. The van der Waals surface area contributed by atoms with E-state index in [2.05, 4.69) is 10.6 Å². The van der Waals surface area contributed by atoms with Crippen molar-refractivity contribution in [3.05, 3.63) is 89.5 Å². The predicted octanol–water partition coefficient (Wildman–Crippen LogP) is 4.11. The standard InChI is InChI=1S/C28H28N4O4/c1-3-36-28(35)19-9-14-22-23(17-19)31-27(34)25(22)26(18-7-5-4-6-8-18)30-20-10-12-21(13-11-20)32(2)24(33)15-16-29/h4-14,17,30H,3,15-16,29H2,1-2H3,(H,31,34)/b26-25+. The van der Waals surface area contributed by atoms with Gasteiger partial charge in [-0.1, -0.05) is 36.4 Å². The van der Waals surface area contributed by atoms with E-state index in [4.69, 9.17) is 10.5 Å².